The topological polar surface area (TPSA) is 125 Å². The fourth-order valence-corrected chi connectivity index (χ4v) is 5.82. The number of nitrogens with one attached hydrogen (secondary N) is 4. The first-order valence-electron chi connectivity index (χ1n) is 11.5. The molecule has 1 atom stereocenters. The Morgan fingerprint density at radius 2 is 2.17 bits per heavy atom. The molecule has 2 aliphatic heterocycles. The standard InChI is InChI=1S/C25H22ClN5O4S/c1-3-34-24(33)23-22-13(8-28-23)19(20-15(29-22)9-27-10-16(20)32)17-4-5-18(35-17)36-25-30-14-7-12(26)6-11(2)21(14)31-25/h4-8,19,27-29H,3,9-10H2,1-2H3,(H,30,31). The number of H-pyrrole nitrogens is 2. The number of esters is 1. The summed E-state index contributed by atoms with van der Waals surface area (Å²) in [6, 6.07) is 7.44. The van der Waals surface area contributed by atoms with E-state index in [1.165, 1.54) is 11.8 Å². The highest BCUT2D eigenvalue weighted by Gasteiger charge is 2.39. The number of anilines is 1. The van der Waals surface area contributed by atoms with Crippen LogP contribution in [0, 0.1) is 6.92 Å². The molecule has 0 aliphatic carbocycles. The van der Waals surface area contributed by atoms with Crippen LogP contribution >= 0.6 is 23.4 Å². The summed E-state index contributed by atoms with van der Waals surface area (Å²) >= 11 is 7.54. The predicted octanol–water partition coefficient (Wildman–Crippen LogP) is 4.76. The molecule has 5 heterocycles. The Labute approximate surface area is 215 Å². The molecule has 1 aromatic carbocycles. The van der Waals surface area contributed by atoms with Crippen LogP contribution in [0.1, 0.15) is 40.2 Å². The molecule has 36 heavy (non-hydrogen) atoms. The Bertz CT molecular complexity index is 1570. The van der Waals surface area contributed by atoms with E-state index in [0.29, 0.717) is 44.5 Å². The van der Waals surface area contributed by atoms with Gasteiger partial charge >= 0.3 is 5.97 Å². The molecule has 4 N–H and O–H groups in total. The molecule has 0 amide bonds. The monoisotopic (exact) mass is 523 g/mol. The van der Waals surface area contributed by atoms with Crippen LogP contribution in [-0.2, 0) is 9.53 Å². The maximum absolute atomic E-state index is 13.0. The van der Waals surface area contributed by atoms with Crippen LogP contribution in [0.2, 0.25) is 5.02 Å². The first-order chi connectivity index (χ1) is 17.4. The lowest BCUT2D eigenvalue weighted by atomic mass is 9.82. The normalized spacial score (nSPS) is 17.2. The quantitative estimate of drug-likeness (QED) is 0.276. The van der Waals surface area contributed by atoms with E-state index in [2.05, 4.69) is 25.6 Å². The number of carbonyl (C=O) groups excluding carboxylic acids is 2. The number of benzene rings is 1. The van der Waals surface area contributed by atoms with Gasteiger partial charge in [-0.15, -0.1) is 0 Å². The summed E-state index contributed by atoms with van der Waals surface area (Å²) < 4.78 is 11.5. The van der Waals surface area contributed by atoms with Crippen molar-refractivity contribution in [3.63, 3.8) is 0 Å². The van der Waals surface area contributed by atoms with Gasteiger partial charge in [-0.2, -0.15) is 0 Å². The van der Waals surface area contributed by atoms with Gasteiger partial charge < -0.3 is 29.8 Å². The molecule has 6 rings (SSSR count). The molecule has 0 spiro atoms. The number of ketones is 1. The van der Waals surface area contributed by atoms with E-state index in [1.807, 2.05) is 31.2 Å². The minimum atomic E-state index is -0.462. The molecule has 1 unspecified atom stereocenters. The van der Waals surface area contributed by atoms with Gasteiger partial charge in [0, 0.05) is 34.6 Å². The Morgan fingerprint density at radius 3 is 3.00 bits per heavy atom. The van der Waals surface area contributed by atoms with E-state index in [-0.39, 0.29) is 18.9 Å². The number of aromatic nitrogens is 3. The molecule has 0 saturated carbocycles. The van der Waals surface area contributed by atoms with Crippen molar-refractivity contribution in [3.8, 4) is 0 Å². The number of hydrogen-bond acceptors (Lipinski definition) is 8. The summed E-state index contributed by atoms with van der Waals surface area (Å²) in [5, 5.41) is 8.33. The number of nitrogens with zero attached hydrogens (tertiary/aromatic N) is 1. The summed E-state index contributed by atoms with van der Waals surface area (Å²) in [4.78, 5) is 36.5. The minimum absolute atomic E-state index is 0.0199. The van der Waals surface area contributed by atoms with Gasteiger partial charge in [-0.25, -0.2) is 9.78 Å². The third-order valence-corrected chi connectivity index (χ3v) is 7.31. The summed E-state index contributed by atoms with van der Waals surface area (Å²) in [6.45, 7) is 4.70. The largest absolute Gasteiger partial charge is 0.461 e. The number of furan rings is 1. The van der Waals surface area contributed by atoms with E-state index in [1.54, 1.807) is 13.1 Å². The Kier molecular flexibility index (Phi) is 5.66. The lowest BCUT2D eigenvalue weighted by molar-refractivity contribution is -0.115. The maximum atomic E-state index is 13.0. The minimum Gasteiger partial charge on any atom is -0.461 e. The third-order valence-electron chi connectivity index (χ3n) is 6.28. The van der Waals surface area contributed by atoms with Crippen molar-refractivity contribution in [2.24, 2.45) is 0 Å². The van der Waals surface area contributed by atoms with Gasteiger partial charge in [0.1, 0.15) is 11.5 Å². The zero-order chi connectivity index (χ0) is 25.0. The van der Waals surface area contributed by atoms with Gasteiger partial charge in [0.15, 0.2) is 16.0 Å². The maximum Gasteiger partial charge on any atom is 0.356 e. The lowest BCUT2D eigenvalue weighted by Crippen LogP contribution is -2.39. The molecular formula is C25H22ClN5O4S. The van der Waals surface area contributed by atoms with E-state index < -0.39 is 11.9 Å². The Hall–Kier alpha value is -3.47. The van der Waals surface area contributed by atoms with E-state index in [9.17, 15) is 9.59 Å². The summed E-state index contributed by atoms with van der Waals surface area (Å²) in [7, 11) is 0. The number of fused-ring (bicyclic) bond motifs is 2. The second-order valence-electron chi connectivity index (χ2n) is 8.61. The van der Waals surface area contributed by atoms with Crippen molar-refractivity contribution in [1.82, 2.24) is 20.3 Å². The van der Waals surface area contributed by atoms with Crippen LogP contribution in [-0.4, -0.2) is 46.4 Å². The lowest BCUT2D eigenvalue weighted by Gasteiger charge is -2.31. The second-order valence-corrected chi connectivity index (χ2v) is 10.0. The zero-order valence-corrected chi connectivity index (χ0v) is 21.0. The van der Waals surface area contributed by atoms with Crippen molar-refractivity contribution in [3.05, 3.63) is 69.3 Å². The number of Topliss-reactive ketones (excluding diaryl/α,β-unsaturated/α-hetero) is 1. The third kappa shape index (κ3) is 3.82. The highest BCUT2D eigenvalue weighted by molar-refractivity contribution is 7.99. The zero-order valence-electron chi connectivity index (χ0n) is 19.5. The highest BCUT2D eigenvalue weighted by Crippen LogP contribution is 2.45. The summed E-state index contributed by atoms with van der Waals surface area (Å²) in [5.41, 5.74) is 5.72. The molecule has 2 aliphatic rings. The van der Waals surface area contributed by atoms with Crippen LogP contribution in [0.4, 0.5) is 5.69 Å². The molecule has 184 valence electrons. The average Bonchev–Trinajstić information content (AvgIpc) is 3.56. The fraction of sp³-hybridized carbons (Fsp3) is 0.240. The molecule has 0 radical (unpaired) electrons. The van der Waals surface area contributed by atoms with Gasteiger partial charge in [-0.3, -0.25) is 4.79 Å². The summed E-state index contributed by atoms with van der Waals surface area (Å²) in [5.74, 6) is -0.335. The molecule has 0 saturated heterocycles. The fourth-order valence-electron chi connectivity index (χ4n) is 4.79. The molecular weight excluding hydrogens is 502 g/mol. The summed E-state index contributed by atoms with van der Waals surface area (Å²) in [6.07, 6.45) is 1.74. The first kappa shape index (κ1) is 23.0. The Morgan fingerprint density at radius 1 is 1.31 bits per heavy atom. The second kappa shape index (κ2) is 8.88. The molecule has 4 aromatic rings. The first-order valence-corrected chi connectivity index (χ1v) is 12.7. The van der Waals surface area contributed by atoms with Crippen LogP contribution in [0.5, 0.6) is 0 Å². The number of aryl methyl sites for hydroxylation is 1. The van der Waals surface area contributed by atoms with Gasteiger partial charge in [-0.05, 0) is 55.4 Å². The van der Waals surface area contributed by atoms with Crippen molar-refractivity contribution >= 4 is 51.8 Å². The Balaban J connectivity index is 1.37. The van der Waals surface area contributed by atoms with Crippen LogP contribution in [0.15, 0.2) is 56.4 Å². The smallest absolute Gasteiger partial charge is 0.356 e. The van der Waals surface area contributed by atoms with Crippen molar-refractivity contribution < 1.29 is 18.7 Å². The van der Waals surface area contributed by atoms with E-state index in [4.69, 9.17) is 20.8 Å². The number of hydrogen-bond donors (Lipinski definition) is 4. The number of aromatic amines is 2. The number of carbonyl (C=O) groups is 2. The van der Waals surface area contributed by atoms with Gasteiger partial charge in [-0.1, -0.05) is 11.6 Å². The molecule has 0 bridgehead atoms. The highest BCUT2D eigenvalue weighted by atomic mass is 35.5. The van der Waals surface area contributed by atoms with Gasteiger partial charge in [0.05, 0.1) is 35.8 Å². The number of ether oxygens (including phenoxy) is 1. The molecule has 11 heteroatoms. The number of halogens is 1. The molecule has 3 aromatic heterocycles. The van der Waals surface area contributed by atoms with Crippen molar-refractivity contribution in [2.45, 2.75) is 30.0 Å². The van der Waals surface area contributed by atoms with E-state index in [0.717, 1.165) is 27.9 Å². The van der Waals surface area contributed by atoms with E-state index >= 15 is 0 Å². The predicted molar refractivity (Wildman–Crippen MR) is 136 cm³/mol. The van der Waals surface area contributed by atoms with Crippen LogP contribution in [0.3, 0.4) is 0 Å². The molecule has 0 fully saturated rings. The molecule has 9 nitrogen and oxygen atoms in total. The van der Waals surface area contributed by atoms with Gasteiger partial charge in [0.25, 0.3) is 0 Å². The average molecular weight is 524 g/mol. The van der Waals surface area contributed by atoms with Crippen molar-refractivity contribution in [1.29, 1.82) is 0 Å². The van der Waals surface area contributed by atoms with Gasteiger partial charge in [0.2, 0.25) is 0 Å². The number of rotatable bonds is 5. The van der Waals surface area contributed by atoms with Crippen LogP contribution < -0.4 is 10.6 Å². The number of imidazole rings is 1. The SMILES string of the molecule is CCOC(=O)c1[nH]cc2c1NC1=C(C(=O)CNC1)C2c1ccc(Sc2nc3c(C)cc(Cl)cc3[nH]2)o1. The van der Waals surface area contributed by atoms with Crippen LogP contribution in [0.25, 0.3) is 11.0 Å². The van der Waals surface area contributed by atoms with Crippen molar-refractivity contribution in [2.75, 3.05) is 25.0 Å².